The summed E-state index contributed by atoms with van der Waals surface area (Å²) in [5, 5.41) is 23.2. The van der Waals surface area contributed by atoms with Gasteiger partial charge in [0.25, 0.3) is 5.91 Å². The molecule has 1 N–H and O–H groups in total. The Hall–Kier alpha value is -3.74. The Bertz CT molecular complexity index is 1190. The number of hydrogen-bond acceptors (Lipinski definition) is 5. The highest BCUT2D eigenvalue weighted by Crippen LogP contribution is 2.29. The number of benzene rings is 2. The number of carbonyl (C=O) groups excluding carboxylic acids is 1. The number of thiazole rings is 1. The summed E-state index contributed by atoms with van der Waals surface area (Å²) in [7, 11) is 0. The maximum atomic E-state index is 12.5. The Morgan fingerprint density at radius 3 is 2.41 bits per heavy atom. The molecule has 2 aromatic carbocycles. The lowest BCUT2D eigenvalue weighted by Gasteiger charge is -2.07. The summed E-state index contributed by atoms with van der Waals surface area (Å²) in [6, 6.07) is 14.8. The van der Waals surface area contributed by atoms with Gasteiger partial charge in [0.05, 0.1) is 17.3 Å². The fraction of sp³-hybridized carbons (Fsp3) is 0.130. The third-order valence-electron chi connectivity index (χ3n) is 4.56. The fourth-order valence-corrected chi connectivity index (χ4v) is 3.53. The van der Waals surface area contributed by atoms with E-state index < -0.39 is 5.91 Å². The molecule has 142 valence electrons. The molecule has 0 unspecified atom stereocenters. The Kier molecular flexibility index (Phi) is 5.87. The first-order valence-corrected chi connectivity index (χ1v) is 9.76. The summed E-state index contributed by atoms with van der Waals surface area (Å²) in [4.78, 5) is 17.0. The number of amides is 1. The van der Waals surface area contributed by atoms with E-state index in [1.807, 2.05) is 24.4 Å². The van der Waals surface area contributed by atoms with Gasteiger partial charge in [-0.25, -0.2) is 4.98 Å². The minimum Gasteiger partial charge on any atom is -0.297 e. The summed E-state index contributed by atoms with van der Waals surface area (Å²) in [6.45, 7) is 6.16. The van der Waals surface area contributed by atoms with Gasteiger partial charge in [-0.3, -0.25) is 10.1 Å². The molecule has 0 atom stereocenters. The van der Waals surface area contributed by atoms with Crippen molar-refractivity contribution in [3.63, 3.8) is 0 Å². The maximum absolute atomic E-state index is 12.5. The van der Waals surface area contributed by atoms with Crippen LogP contribution in [0.3, 0.4) is 0 Å². The highest BCUT2D eigenvalue weighted by Gasteiger charge is 2.14. The second-order valence-electron chi connectivity index (χ2n) is 6.65. The van der Waals surface area contributed by atoms with Crippen LogP contribution in [0.4, 0.5) is 5.13 Å². The van der Waals surface area contributed by atoms with Crippen molar-refractivity contribution in [2.75, 3.05) is 5.32 Å². The first-order valence-electron chi connectivity index (χ1n) is 8.88. The van der Waals surface area contributed by atoms with Crippen molar-refractivity contribution in [2.24, 2.45) is 0 Å². The van der Waals surface area contributed by atoms with Gasteiger partial charge >= 0.3 is 0 Å². The van der Waals surface area contributed by atoms with Crippen LogP contribution in [0.2, 0.25) is 0 Å². The third kappa shape index (κ3) is 4.57. The first-order chi connectivity index (χ1) is 13.9. The van der Waals surface area contributed by atoms with E-state index in [1.165, 1.54) is 28.5 Å². The monoisotopic (exact) mass is 398 g/mol. The molecule has 0 spiro atoms. The molecule has 3 rings (SSSR count). The molecular formula is C23H18N4OS. The molecule has 1 aromatic heterocycles. The van der Waals surface area contributed by atoms with Crippen molar-refractivity contribution in [1.82, 2.24) is 4.98 Å². The van der Waals surface area contributed by atoms with Crippen molar-refractivity contribution >= 4 is 28.5 Å². The van der Waals surface area contributed by atoms with Crippen LogP contribution in [0.15, 0.2) is 47.4 Å². The van der Waals surface area contributed by atoms with Gasteiger partial charge in [0.15, 0.2) is 5.13 Å². The average Bonchev–Trinajstić information content (AvgIpc) is 3.17. The predicted molar refractivity (Wildman–Crippen MR) is 115 cm³/mol. The zero-order chi connectivity index (χ0) is 21.0. The van der Waals surface area contributed by atoms with Crippen LogP contribution in [0.5, 0.6) is 0 Å². The molecule has 0 radical (unpaired) electrons. The van der Waals surface area contributed by atoms with Crippen LogP contribution < -0.4 is 5.32 Å². The minimum absolute atomic E-state index is 0.0335. The Balaban J connectivity index is 1.80. The minimum atomic E-state index is -0.519. The Labute approximate surface area is 173 Å². The van der Waals surface area contributed by atoms with Crippen LogP contribution in [-0.2, 0) is 4.79 Å². The van der Waals surface area contributed by atoms with Crippen LogP contribution in [0.25, 0.3) is 17.3 Å². The van der Waals surface area contributed by atoms with E-state index in [-0.39, 0.29) is 5.57 Å². The molecule has 5 nitrogen and oxygen atoms in total. The summed E-state index contributed by atoms with van der Waals surface area (Å²) in [5.74, 6) is -0.519. The first kappa shape index (κ1) is 20.0. The normalized spacial score (nSPS) is 10.9. The van der Waals surface area contributed by atoms with Crippen molar-refractivity contribution < 1.29 is 4.79 Å². The lowest BCUT2D eigenvalue weighted by Crippen LogP contribution is -2.13. The number of carbonyl (C=O) groups is 1. The average molecular weight is 398 g/mol. The number of nitrogens with zero attached hydrogens (tertiary/aromatic N) is 3. The smallest absolute Gasteiger partial charge is 0.268 e. The van der Waals surface area contributed by atoms with E-state index in [9.17, 15) is 10.1 Å². The van der Waals surface area contributed by atoms with E-state index in [4.69, 9.17) is 5.26 Å². The van der Waals surface area contributed by atoms with Crippen LogP contribution in [-0.4, -0.2) is 10.9 Å². The second-order valence-corrected chi connectivity index (χ2v) is 7.51. The van der Waals surface area contributed by atoms with E-state index in [0.717, 1.165) is 16.8 Å². The molecule has 1 amide bonds. The molecule has 3 aromatic rings. The number of aromatic nitrogens is 1. The van der Waals surface area contributed by atoms with Crippen LogP contribution in [0, 0.1) is 43.4 Å². The quantitative estimate of drug-likeness (QED) is 0.486. The highest BCUT2D eigenvalue weighted by molar-refractivity contribution is 7.14. The van der Waals surface area contributed by atoms with Crippen molar-refractivity contribution in [2.45, 2.75) is 20.8 Å². The Morgan fingerprint density at radius 1 is 1.07 bits per heavy atom. The van der Waals surface area contributed by atoms with Gasteiger partial charge in [0, 0.05) is 10.9 Å². The number of anilines is 1. The summed E-state index contributed by atoms with van der Waals surface area (Å²) >= 11 is 1.31. The van der Waals surface area contributed by atoms with Gasteiger partial charge in [-0.2, -0.15) is 10.5 Å². The molecule has 0 saturated heterocycles. The maximum Gasteiger partial charge on any atom is 0.268 e. The molecule has 6 heteroatoms. The number of rotatable bonds is 4. The molecule has 0 aliphatic heterocycles. The SMILES string of the molecule is Cc1cc(C)c(-c2csc(NC(=O)/C(C#N)=C/c3ccc(C#N)cc3)n2)cc1C. The van der Waals surface area contributed by atoms with E-state index in [1.54, 1.807) is 24.3 Å². The van der Waals surface area contributed by atoms with E-state index in [0.29, 0.717) is 16.3 Å². The van der Waals surface area contributed by atoms with Crippen molar-refractivity contribution in [3.8, 4) is 23.4 Å². The van der Waals surface area contributed by atoms with Gasteiger partial charge in [-0.15, -0.1) is 11.3 Å². The largest absolute Gasteiger partial charge is 0.297 e. The van der Waals surface area contributed by atoms with Gasteiger partial charge in [0.1, 0.15) is 11.6 Å². The lowest BCUT2D eigenvalue weighted by molar-refractivity contribution is -0.112. The highest BCUT2D eigenvalue weighted by atomic mass is 32.1. The number of nitrogens with one attached hydrogen (secondary N) is 1. The number of nitriles is 2. The van der Waals surface area contributed by atoms with Gasteiger partial charge < -0.3 is 0 Å². The van der Waals surface area contributed by atoms with Gasteiger partial charge in [-0.1, -0.05) is 18.2 Å². The van der Waals surface area contributed by atoms with Crippen molar-refractivity contribution in [3.05, 3.63) is 75.2 Å². The molecule has 0 aliphatic rings. The van der Waals surface area contributed by atoms with Gasteiger partial charge in [0.2, 0.25) is 0 Å². The fourth-order valence-electron chi connectivity index (χ4n) is 2.82. The van der Waals surface area contributed by atoms with Crippen LogP contribution in [0.1, 0.15) is 27.8 Å². The topological polar surface area (TPSA) is 89.6 Å². The molecule has 29 heavy (non-hydrogen) atoms. The third-order valence-corrected chi connectivity index (χ3v) is 5.31. The zero-order valence-electron chi connectivity index (χ0n) is 16.3. The summed E-state index contributed by atoms with van der Waals surface area (Å²) < 4.78 is 0. The standard InChI is InChI=1S/C23H18N4OS/c1-14-8-16(3)20(9-15(14)2)21-13-29-23(26-21)27-22(28)19(12-25)10-17-4-6-18(11-24)7-5-17/h4-10,13H,1-3H3,(H,26,27,28)/b19-10+. The predicted octanol–water partition coefficient (Wildman–Crippen LogP) is 5.15. The van der Waals surface area contributed by atoms with E-state index >= 15 is 0 Å². The van der Waals surface area contributed by atoms with E-state index in [2.05, 4.69) is 36.3 Å². The van der Waals surface area contributed by atoms with Gasteiger partial charge in [-0.05, 0) is 67.3 Å². The number of hydrogen-bond donors (Lipinski definition) is 1. The van der Waals surface area contributed by atoms with Crippen LogP contribution >= 0.6 is 11.3 Å². The molecule has 0 bridgehead atoms. The molecule has 0 saturated carbocycles. The number of aryl methyl sites for hydroxylation is 3. The Morgan fingerprint density at radius 2 is 1.76 bits per heavy atom. The zero-order valence-corrected chi connectivity index (χ0v) is 17.1. The molecule has 1 heterocycles. The molecule has 0 aliphatic carbocycles. The summed E-state index contributed by atoms with van der Waals surface area (Å²) in [5.41, 5.74) is 6.49. The van der Waals surface area contributed by atoms with Crippen molar-refractivity contribution in [1.29, 1.82) is 10.5 Å². The lowest BCUT2D eigenvalue weighted by atomic mass is 9.99. The summed E-state index contributed by atoms with van der Waals surface area (Å²) in [6.07, 6.45) is 1.48. The molecular weight excluding hydrogens is 380 g/mol. The second kappa shape index (κ2) is 8.52. The molecule has 0 fully saturated rings.